The summed E-state index contributed by atoms with van der Waals surface area (Å²) in [6.07, 6.45) is 0. The van der Waals surface area contributed by atoms with Crippen LogP contribution in [0.4, 0.5) is 0 Å². The lowest BCUT2D eigenvalue weighted by atomic mass is 9.83. The van der Waals surface area contributed by atoms with Crippen molar-refractivity contribution in [3.63, 3.8) is 0 Å². The van der Waals surface area contributed by atoms with Crippen molar-refractivity contribution in [2.45, 2.75) is 45.4 Å². The number of aliphatic hydroxyl groups excluding tert-OH is 1. The molecule has 0 bridgehead atoms. The van der Waals surface area contributed by atoms with E-state index in [9.17, 15) is 5.11 Å². The Morgan fingerprint density at radius 3 is 1.72 bits per heavy atom. The Hall–Kier alpha value is -2.58. The van der Waals surface area contributed by atoms with Crippen LogP contribution in [0.1, 0.15) is 73.3 Å². The van der Waals surface area contributed by atoms with E-state index < -0.39 is 0 Å². The second kappa shape index (κ2) is 8.04. The number of fused-ring (bicyclic) bond motifs is 3. The molecule has 0 saturated heterocycles. The molecule has 0 aromatic heterocycles. The average Bonchev–Trinajstić information content (AvgIpc) is 3.06. The van der Waals surface area contributed by atoms with Crippen molar-refractivity contribution in [1.29, 1.82) is 0 Å². The summed E-state index contributed by atoms with van der Waals surface area (Å²) in [5.41, 5.74) is 9.20. The van der Waals surface area contributed by atoms with Crippen LogP contribution in [-0.2, 0) is 0 Å². The second-order valence-electron chi connectivity index (χ2n) is 8.52. The first-order valence-electron chi connectivity index (χ1n) is 10.6. The number of ether oxygens (including phenoxy) is 1. The molecule has 1 aliphatic rings. The minimum Gasteiger partial charge on any atom is -0.491 e. The van der Waals surface area contributed by atoms with Crippen molar-refractivity contribution in [2.75, 3.05) is 13.2 Å². The molecule has 0 atom stereocenters. The van der Waals surface area contributed by atoms with Gasteiger partial charge in [-0.15, -0.1) is 0 Å². The van der Waals surface area contributed by atoms with Crippen molar-refractivity contribution >= 4 is 0 Å². The van der Waals surface area contributed by atoms with E-state index in [2.05, 4.69) is 88.4 Å². The molecule has 0 fully saturated rings. The topological polar surface area (TPSA) is 29.5 Å². The van der Waals surface area contributed by atoms with Gasteiger partial charge in [-0.3, -0.25) is 0 Å². The first-order chi connectivity index (χ1) is 14.0. The summed E-state index contributed by atoms with van der Waals surface area (Å²) in [5, 5.41) is 9.31. The van der Waals surface area contributed by atoms with Crippen molar-refractivity contribution < 1.29 is 9.84 Å². The van der Waals surface area contributed by atoms with E-state index in [1.54, 1.807) is 0 Å². The molecule has 0 spiro atoms. The van der Waals surface area contributed by atoms with E-state index in [0.29, 0.717) is 18.4 Å². The normalized spacial score (nSPS) is 13.1. The van der Waals surface area contributed by atoms with E-state index in [4.69, 9.17) is 4.74 Å². The fourth-order valence-electron chi connectivity index (χ4n) is 4.55. The van der Waals surface area contributed by atoms with Gasteiger partial charge in [0, 0.05) is 5.92 Å². The zero-order valence-corrected chi connectivity index (χ0v) is 17.8. The van der Waals surface area contributed by atoms with Crippen molar-refractivity contribution in [3.8, 4) is 16.9 Å². The van der Waals surface area contributed by atoms with Crippen LogP contribution < -0.4 is 4.74 Å². The lowest BCUT2D eigenvalue weighted by Gasteiger charge is -2.24. The van der Waals surface area contributed by atoms with Crippen LogP contribution in [-0.4, -0.2) is 18.3 Å². The highest BCUT2D eigenvalue weighted by molar-refractivity contribution is 5.80. The monoisotopic (exact) mass is 386 g/mol. The van der Waals surface area contributed by atoms with Crippen LogP contribution >= 0.6 is 0 Å². The zero-order valence-electron chi connectivity index (χ0n) is 17.8. The third kappa shape index (κ3) is 3.47. The van der Waals surface area contributed by atoms with E-state index >= 15 is 0 Å². The molecule has 150 valence electrons. The van der Waals surface area contributed by atoms with Crippen LogP contribution in [0.15, 0.2) is 60.7 Å². The molecule has 0 aliphatic heterocycles. The molecule has 0 saturated carbocycles. The molecule has 0 heterocycles. The summed E-state index contributed by atoms with van der Waals surface area (Å²) in [7, 11) is 0. The Morgan fingerprint density at radius 1 is 0.793 bits per heavy atom. The number of aliphatic hydroxyl groups is 1. The van der Waals surface area contributed by atoms with Crippen LogP contribution in [0.3, 0.4) is 0 Å². The fraction of sp³-hybridized carbons (Fsp3) is 0.333. The Kier molecular flexibility index (Phi) is 5.47. The Bertz CT molecular complexity index is 942. The molecule has 2 heteroatoms. The maximum absolute atomic E-state index is 9.31. The molecule has 3 aromatic rings. The molecule has 4 rings (SSSR count). The van der Waals surface area contributed by atoms with Gasteiger partial charge >= 0.3 is 0 Å². The maximum atomic E-state index is 9.31. The maximum Gasteiger partial charge on any atom is 0.126 e. The largest absolute Gasteiger partial charge is 0.491 e. The fourth-order valence-corrected chi connectivity index (χ4v) is 4.55. The van der Waals surface area contributed by atoms with Gasteiger partial charge in [0.15, 0.2) is 0 Å². The highest BCUT2D eigenvalue weighted by atomic mass is 16.5. The molecule has 29 heavy (non-hydrogen) atoms. The van der Waals surface area contributed by atoms with Crippen LogP contribution in [0.25, 0.3) is 11.1 Å². The van der Waals surface area contributed by atoms with Crippen LogP contribution in [0, 0.1) is 0 Å². The van der Waals surface area contributed by atoms with Gasteiger partial charge in [-0.1, -0.05) is 88.4 Å². The second-order valence-corrected chi connectivity index (χ2v) is 8.52. The zero-order chi connectivity index (χ0) is 20.5. The summed E-state index contributed by atoms with van der Waals surface area (Å²) in [5.74, 6) is 1.87. The smallest absolute Gasteiger partial charge is 0.126 e. The van der Waals surface area contributed by atoms with Gasteiger partial charge in [-0.25, -0.2) is 0 Å². The minimum atomic E-state index is 0.0280. The summed E-state index contributed by atoms with van der Waals surface area (Å²) >= 11 is 0. The number of hydrogen-bond donors (Lipinski definition) is 1. The van der Waals surface area contributed by atoms with Gasteiger partial charge in [0.2, 0.25) is 0 Å². The lowest BCUT2D eigenvalue weighted by Crippen LogP contribution is -2.10. The summed E-state index contributed by atoms with van der Waals surface area (Å²) in [6, 6.07) is 22.2. The van der Waals surface area contributed by atoms with Crippen LogP contribution in [0.5, 0.6) is 5.75 Å². The Labute approximate surface area is 174 Å². The predicted molar refractivity (Wildman–Crippen MR) is 120 cm³/mol. The first kappa shape index (κ1) is 19.7. The standard InChI is InChI=1S/C27H30O2/c1-17(2)24-15-19(16-25(18(3)4)27(24)29-14-13-28)26-22-11-7-5-9-20(22)21-10-6-8-12-23(21)26/h5-12,15-18,26,28H,13-14H2,1-4H3. The number of hydrogen-bond acceptors (Lipinski definition) is 2. The van der Waals surface area contributed by atoms with Crippen LogP contribution in [0.2, 0.25) is 0 Å². The molecule has 1 aliphatic carbocycles. The van der Waals surface area contributed by atoms with Gasteiger partial charge in [0.05, 0.1) is 6.61 Å². The number of benzene rings is 3. The molecule has 3 aromatic carbocycles. The molecule has 0 radical (unpaired) electrons. The van der Waals surface area contributed by atoms with E-state index in [1.807, 2.05) is 0 Å². The molecule has 1 N–H and O–H groups in total. The Morgan fingerprint density at radius 2 is 1.28 bits per heavy atom. The highest BCUT2D eigenvalue weighted by Gasteiger charge is 2.31. The summed E-state index contributed by atoms with van der Waals surface area (Å²) in [4.78, 5) is 0. The van der Waals surface area contributed by atoms with E-state index in [0.717, 1.165) is 5.75 Å². The third-order valence-electron chi connectivity index (χ3n) is 5.92. The third-order valence-corrected chi connectivity index (χ3v) is 5.92. The molecule has 2 nitrogen and oxygen atoms in total. The molecule has 0 unspecified atom stereocenters. The molecular weight excluding hydrogens is 356 g/mol. The van der Waals surface area contributed by atoms with Gasteiger partial charge in [0.1, 0.15) is 12.4 Å². The van der Waals surface area contributed by atoms with Gasteiger partial charge < -0.3 is 9.84 Å². The predicted octanol–water partition coefficient (Wildman–Crippen LogP) is 6.47. The SMILES string of the molecule is CC(C)c1cc(C2c3ccccc3-c3ccccc32)cc(C(C)C)c1OCCO. The van der Waals surface area contributed by atoms with Gasteiger partial charge in [-0.05, 0) is 50.8 Å². The van der Waals surface area contributed by atoms with Gasteiger partial charge in [0.25, 0.3) is 0 Å². The average molecular weight is 387 g/mol. The van der Waals surface area contributed by atoms with Crippen molar-refractivity contribution in [2.24, 2.45) is 0 Å². The van der Waals surface area contributed by atoms with Crippen molar-refractivity contribution in [3.05, 3.63) is 88.5 Å². The highest BCUT2D eigenvalue weighted by Crippen LogP contribution is 2.49. The molecular formula is C27H30O2. The molecule has 0 amide bonds. The lowest BCUT2D eigenvalue weighted by molar-refractivity contribution is 0.198. The summed E-state index contributed by atoms with van der Waals surface area (Å²) in [6.45, 7) is 9.21. The summed E-state index contributed by atoms with van der Waals surface area (Å²) < 4.78 is 6.05. The van der Waals surface area contributed by atoms with E-state index in [-0.39, 0.29) is 12.5 Å². The minimum absolute atomic E-state index is 0.0280. The quantitative estimate of drug-likeness (QED) is 0.412. The number of rotatable bonds is 6. The first-order valence-corrected chi connectivity index (χ1v) is 10.6. The van der Waals surface area contributed by atoms with Crippen molar-refractivity contribution in [1.82, 2.24) is 0 Å². The van der Waals surface area contributed by atoms with Gasteiger partial charge in [-0.2, -0.15) is 0 Å². The van der Waals surface area contributed by atoms with E-state index in [1.165, 1.54) is 38.9 Å². The Balaban J connectivity index is 1.94.